The topological polar surface area (TPSA) is 38.1 Å². The Balaban J connectivity index is 2.31. The molecule has 0 fully saturated rings. The van der Waals surface area contributed by atoms with Crippen LogP contribution in [0.5, 0.6) is 0 Å². The summed E-state index contributed by atoms with van der Waals surface area (Å²) in [4.78, 5) is 0. The minimum Gasteiger partial charge on any atom is -0.388 e. The number of aromatic nitrogens is 2. The molecule has 0 bridgehead atoms. The second kappa shape index (κ2) is 5.65. The van der Waals surface area contributed by atoms with Gasteiger partial charge in [-0.1, -0.05) is 45.7 Å². The molecular weight excluding hydrogens is 328 g/mol. The van der Waals surface area contributed by atoms with Gasteiger partial charge in [0.1, 0.15) is 5.15 Å². The number of rotatable bonds is 3. The Labute approximate surface area is 126 Å². The SMILES string of the molecule is Cc1cccc(C(O)Cc2c(C)nn(C)c2Cl)c1Br. The molecule has 1 unspecified atom stereocenters. The van der Waals surface area contributed by atoms with Crippen molar-refractivity contribution in [3.8, 4) is 0 Å². The van der Waals surface area contributed by atoms with Crippen LogP contribution in [-0.4, -0.2) is 14.9 Å². The summed E-state index contributed by atoms with van der Waals surface area (Å²) in [6.45, 7) is 3.90. The lowest BCUT2D eigenvalue weighted by molar-refractivity contribution is 0.177. The fourth-order valence-electron chi connectivity index (χ4n) is 2.14. The molecule has 0 aliphatic heterocycles. The van der Waals surface area contributed by atoms with Crippen molar-refractivity contribution in [1.82, 2.24) is 9.78 Å². The average molecular weight is 344 g/mol. The van der Waals surface area contributed by atoms with Gasteiger partial charge in [-0.15, -0.1) is 0 Å². The lowest BCUT2D eigenvalue weighted by Crippen LogP contribution is -2.04. The van der Waals surface area contributed by atoms with Crippen molar-refractivity contribution in [2.45, 2.75) is 26.4 Å². The molecule has 102 valence electrons. The van der Waals surface area contributed by atoms with Crippen LogP contribution in [0.4, 0.5) is 0 Å². The van der Waals surface area contributed by atoms with Gasteiger partial charge < -0.3 is 5.11 Å². The highest BCUT2D eigenvalue weighted by Gasteiger charge is 2.18. The van der Waals surface area contributed by atoms with E-state index in [1.54, 1.807) is 11.7 Å². The van der Waals surface area contributed by atoms with Crippen LogP contribution >= 0.6 is 27.5 Å². The van der Waals surface area contributed by atoms with Crippen LogP contribution in [0.3, 0.4) is 0 Å². The molecule has 0 aliphatic carbocycles. The van der Waals surface area contributed by atoms with Crippen molar-refractivity contribution in [2.75, 3.05) is 0 Å². The van der Waals surface area contributed by atoms with E-state index in [-0.39, 0.29) is 0 Å². The zero-order valence-electron chi connectivity index (χ0n) is 11.1. The molecule has 2 rings (SSSR count). The number of aliphatic hydroxyl groups is 1. The van der Waals surface area contributed by atoms with E-state index in [0.717, 1.165) is 26.9 Å². The molecule has 1 atom stereocenters. The molecule has 1 heterocycles. The second-order valence-corrected chi connectivity index (χ2v) is 5.83. The van der Waals surface area contributed by atoms with Crippen molar-refractivity contribution in [3.63, 3.8) is 0 Å². The molecule has 19 heavy (non-hydrogen) atoms. The summed E-state index contributed by atoms with van der Waals surface area (Å²) in [6.07, 6.45) is -0.143. The molecule has 5 heteroatoms. The van der Waals surface area contributed by atoms with Crippen LogP contribution in [0, 0.1) is 13.8 Å². The van der Waals surface area contributed by atoms with Crippen molar-refractivity contribution < 1.29 is 5.11 Å². The van der Waals surface area contributed by atoms with E-state index in [0.29, 0.717) is 11.6 Å². The minimum atomic E-state index is -0.602. The Bertz CT molecular complexity index is 610. The highest BCUT2D eigenvalue weighted by molar-refractivity contribution is 9.10. The van der Waals surface area contributed by atoms with Gasteiger partial charge in [0.25, 0.3) is 0 Å². The van der Waals surface area contributed by atoms with Crippen LogP contribution in [0.2, 0.25) is 5.15 Å². The number of halogens is 2. The first-order valence-electron chi connectivity index (χ1n) is 6.03. The summed E-state index contributed by atoms with van der Waals surface area (Å²) < 4.78 is 2.57. The standard InChI is InChI=1S/C14H16BrClN2O/c1-8-5-4-6-10(13(8)15)12(19)7-11-9(2)17-18(3)14(11)16/h4-6,12,19H,7H2,1-3H3. The molecule has 3 nitrogen and oxygen atoms in total. The predicted octanol–water partition coefficient (Wildman–Crippen LogP) is 3.73. The molecular formula is C14H16BrClN2O. The Hall–Kier alpha value is -0.840. The Morgan fingerprint density at radius 2 is 2.11 bits per heavy atom. The molecule has 0 amide bonds. The minimum absolute atomic E-state index is 0.459. The first-order chi connectivity index (χ1) is 8.91. The zero-order valence-corrected chi connectivity index (χ0v) is 13.5. The van der Waals surface area contributed by atoms with Crippen LogP contribution in [0.25, 0.3) is 0 Å². The Morgan fingerprint density at radius 3 is 2.68 bits per heavy atom. The molecule has 2 aromatic rings. The smallest absolute Gasteiger partial charge is 0.130 e. The third kappa shape index (κ3) is 2.86. The molecule has 0 saturated carbocycles. The van der Waals surface area contributed by atoms with Gasteiger partial charge in [0, 0.05) is 23.5 Å². The van der Waals surface area contributed by atoms with Crippen molar-refractivity contribution in [2.24, 2.45) is 7.05 Å². The lowest BCUT2D eigenvalue weighted by Gasteiger charge is -2.14. The predicted molar refractivity (Wildman–Crippen MR) is 80.5 cm³/mol. The van der Waals surface area contributed by atoms with Gasteiger partial charge >= 0.3 is 0 Å². The fraction of sp³-hybridized carbons (Fsp3) is 0.357. The number of aliphatic hydroxyl groups excluding tert-OH is 1. The fourth-order valence-corrected chi connectivity index (χ4v) is 2.92. The van der Waals surface area contributed by atoms with Crippen LogP contribution < -0.4 is 0 Å². The van der Waals surface area contributed by atoms with Crippen LogP contribution in [0.1, 0.15) is 28.5 Å². The van der Waals surface area contributed by atoms with Gasteiger partial charge in [-0.25, -0.2) is 0 Å². The molecule has 0 radical (unpaired) electrons. The normalized spacial score (nSPS) is 12.7. The molecule has 1 N–H and O–H groups in total. The van der Waals surface area contributed by atoms with E-state index < -0.39 is 6.10 Å². The number of aryl methyl sites for hydroxylation is 3. The van der Waals surface area contributed by atoms with Gasteiger partial charge in [0.15, 0.2) is 0 Å². The van der Waals surface area contributed by atoms with Gasteiger partial charge in [-0.05, 0) is 25.0 Å². The average Bonchev–Trinajstić information content (AvgIpc) is 2.59. The first kappa shape index (κ1) is 14.6. The molecule has 0 aliphatic rings. The van der Waals surface area contributed by atoms with Crippen LogP contribution in [-0.2, 0) is 13.5 Å². The second-order valence-electron chi connectivity index (χ2n) is 4.68. The number of benzene rings is 1. The van der Waals surface area contributed by atoms with Gasteiger partial charge in [0.2, 0.25) is 0 Å². The van der Waals surface area contributed by atoms with Crippen molar-refractivity contribution in [1.29, 1.82) is 0 Å². The van der Waals surface area contributed by atoms with E-state index in [9.17, 15) is 5.11 Å². The summed E-state index contributed by atoms with van der Waals surface area (Å²) in [5.41, 5.74) is 3.73. The Morgan fingerprint density at radius 1 is 1.42 bits per heavy atom. The summed E-state index contributed by atoms with van der Waals surface area (Å²) in [5, 5.41) is 15.3. The van der Waals surface area contributed by atoms with Gasteiger partial charge in [-0.3, -0.25) is 4.68 Å². The van der Waals surface area contributed by atoms with E-state index in [4.69, 9.17) is 11.6 Å². The van der Waals surface area contributed by atoms with E-state index in [1.807, 2.05) is 32.0 Å². The van der Waals surface area contributed by atoms with E-state index in [1.165, 1.54) is 0 Å². The highest BCUT2D eigenvalue weighted by atomic mass is 79.9. The maximum absolute atomic E-state index is 10.4. The maximum Gasteiger partial charge on any atom is 0.130 e. The van der Waals surface area contributed by atoms with E-state index >= 15 is 0 Å². The third-order valence-electron chi connectivity index (χ3n) is 3.25. The van der Waals surface area contributed by atoms with Gasteiger partial charge in [0.05, 0.1) is 11.8 Å². The zero-order chi connectivity index (χ0) is 14.2. The lowest BCUT2D eigenvalue weighted by atomic mass is 10.0. The van der Waals surface area contributed by atoms with Crippen molar-refractivity contribution >= 4 is 27.5 Å². The highest BCUT2D eigenvalue weighted by Crippen LogP contribution is 2.31. The number of hydrogen-bond donors (Lipinski definition) is 1. The quantitative estimate of drug-likeness (QED) is 0.922. The summed E-state index contributed by atoms with van der Waals surface area (Å²) in [7, 11) is 1.80. The summed E-state index contributed by atoms with van der Waals surface area (Å²) in [5.74, 6) is 0. The molecule has 1 aromatic heterocycles. The monoisotopic (exact) mass is 342 g/mol. The number of hydrogen-bond acceptors (Lipinski definition) is 2. The summed E-state index contributed by atoms with van der Waals surface area (Å²) in [6, 6.07) is 5.86. The van der Waals surface area contributed by atoms with Gasteiger partial charge in [-0.2, -0.15) is 5.10 Å². The third-order valence-corrected chi connectivity index (χ3v) is 4.80. The van der Waals surface area contributed by atoms with E-state index in [2.05, 4.69) is 21.0 Å². The van der Waals surface area contributed by atoms with Crippen LogP contribution in [0.15, 0.2) is 22.7 Å². The Kier molecular flexibility index (Phi) is 4.33. The first-order valence-corrected chi connectivity index (χ1v) is 7.20. The molecule has 0 saturated heterocycles. The largest absolute Gasteiger partial charge is 0.388 e. The molecule has 1 aromatic carbocycles. The number of nitrogens with zero attached hydrogens (tertiary/aromatic N) is 2. The molecule has 0 spiro atoms. The summed E-state index contributed by atoms with van der Waals surface area (Å²) >= 11 is 9.72. The maximum atomic E-state index is 10.4. The van der Waals surface area contributed by atoms with Crippen molar-refractivity contribution in [3.05, 3.63) is 50.2 Å².